The average molecular weight is 391 g/mol. The number of hydrogen-bond acceptors (Lipinski definition) is 4. The van der Waals surface area contributed by atoms with Crippen molar-refractivity contribution in [2.24, 2.45) is 0 Å². The molecule has 5 nitrogen and oxygen atoms in total. The van der Waals surface area contributed by atoms with E-state index in [0.717, 1.165) is 30.0 Å². The van der Waals surface area contributed by atoms with Crippen molar-refractivity contribution in [3.05, 3.63) is 71.9 Å². The Bertz CT molecular complexity index is 847. The highest BCUT2D eigenvalue weighted by Gasteiger charge is 2.21. The minimum absolute atomic E-state index is 0.0205. The van der Waals surface area contributed by atoms with Crippen LogP contribution in [0.15, 0.2) is 66.4 Å². The quantitative estimate of drug-likeness (QED) is 0.494. The maximum Gasteiger partial charge on any atom is 0.266 e. The Balaban J connectivity index is 2.12. The molecule has 0 fully saturated rings. The number of nitriles is 1. The fourth-order valence-corrected chi connectivity index (χ4v) is 3.08. The third-order valence-corrected chi connectivity index (χ3v) is 4.81. The molecule has 0 atom stereocenters. The number of benzene rings is 2. The smallest absolute Gasteiger partial charge is 0.266 e. The van der Waals surface area contributed by atoms with Gasteiger partial charge in [0, 0.05) is 43.3 Å². The fourth-order valence-electron chi connectivity index (χ4n) is 3.08. The zero-order valence-corrected chi connectivity index (χ0v) is 17.7. The van der Waals surface area contributed by atoms with Gasteiger partial charge in [0.2, 0.25) is 0 Å². The fraction of sp³-hybridized carbons (Fsp3) is 0.333. The van der Waals surface area contributed by atoms with E-state index in [9.17, 15) is 10.1 Å². The van der Waals surface area contributed by atoms with Crippen LogP contribution in [0.3, 0.4) is 0 Å². The first-order valence-electron chi connectivity index (χ1n) is 10.1. The molecule has 0 spiro atoms. The van der Waals surface area contributed by atoms with Crippen LogP contribution in [0.2, 0.25) is 0 Å². The summed E-state index contributed by atoms with van der Waals surface area (Å²) in [7, 11) is 0. The molecule has 5 heteroatoms. The summed E-state index contributed by atoms with van der Waals surface area (Å²) in [4.78, 5) is 16.9. The predicted octanol–water partition coefficient (Wildman–Crippen LogP) is 4.79. The number of amides is 1. The molecule has 2 aromatic rings. The molecule has 2 aromatic carbocycles. The van der Waals surface area contributed by atoms with E-state index in [1.807, 2.05) is 74.5 Å². The molecule has 0 aliphatic carbocycles. The van der Waals surface area contributed by atoms with Gasteiger partial charge in [-0.2, -0.15) is 5.26 Å². The second kappa shape index (κ2) is 10.9. The molecule has 1 amide bonds. The van der Waals surface area contributed by atoms with E-state index in [2.05, 4.69) is 24.1 Å². The van der Waals surface area contributed by atoms with Gasteiger partial charge in [0.1, 0.15) is 11.6 Å². The highest BCUT2D eigenvalue weighted by molar-refractivity contribution is 5.97. The lowest BCUT2D eigenvalue weighted by Gasteiger charge is -2.26. The summed E-state index contributed by atoms with van der Waals surface area (Å²) >= 11 is 0. The van der Waals surface area contributed by atoms with Gasteiger partial charge in [-0.3, -0.25) is 4.79 Å². The van der Waals surface area contributed by atoms with E-state index < -0.39 is 0 Å². The van der Waals surface area contributed by atoms with Crippen LogP contribution in [0.5, 0.6) is 0 Å². The van der Waals surface area contributed by atoms with Gasteiger partial charge < -0.3 is 15.1 Å². The standard InChI is InChI=1S/C24H30N4O/c1-5-27(6-2)23-14-12-22(13-15-23)26-17-21(16-25)24(29)28(19(3)4)18-20-10-8-7-9-11-20/h7-15,17,19,26H,5-6,18H2,1-4H3/b21-17-. The van der Waals surface area contributed by atoms with Crippen LogP contribution < -0.4 is 10.2 Å². The van der Waals surface area contributed by atoms with Crippen LogP contribution in [0, 0.1) is 11.3 Å². The minimum atomic E-state index is -0.279. The number of nitrogens with one attached hydrogen (secondary N) is 1. The monoisotopic (exact) mass is 390 g/mol. The summed E-state index contributed by atoms with van der Waals surface area (Å²) in [5.74, 6) is -0.279. The van der Waals surface area contributed by atoms with Gasteiger partial charge in [-0.15, -0.1) is 0 Å². The lowest BCUT2D eigenvalue weighted by molar-refractivity contribution is -0.129. The van der Waals surface area contributed by atoms with Crippen molar-refractivity contribution in [3.63, 3.8) is 0 Å². The van der Waals surface area contributed by atoms with Crippen molar-refractivity contribution in [1.29, 1.82) is 5.26 Å². The van der Waals surface area contributed by atoms with E-state index in [1.165, 1.54) is 6.20 Å². The van der Waals surface area contributed by atoms with Crippen LogP contribution in [0.4, 0.5) is 11.4 Å². The van der Waals surface area contributed by atoms with E-state index in [-0.39, 0.29) is 17.5 Å². The molecule has 152 valence electrons. The molecule has 0 heterocycles. The highest BCUT2D eigenvalue weighted by Crippen LogP contribution is 2.18. The Morgan fingerprint density at radius 1 is 1.07 bits per heavy atom. The summed E-state index contributed by atoms with van der Waals surface area (Å²) in [6, 6.07) is 19.8. The summed E-state index contributed by atoms with van der Waals surface area (Å²) in [5, 5.41) is 12.6. The number of anilines is 2. The Morgan fingerprint density at radius 2 is 1.69 bits per heavy atom. The van der Waals surface area contributed by atoms with Gasteiger partial charge in [0.25, 0.3) is 5.91 Å². The molecule has 0 saturated carbocycles. The van der Waals surface area contributed by atoms with Crippen molar-refractivity contribution >= 4 is 17.3 Å². The van der Waals surface area contributed by atoms with Crippen molar-refractivity contribution in [3.8, 4) is 6.07 Å². The Labute approximate surface area is 174 Å². The lowest BCUT2D eigenvalue weighted by atomic mass is 10.1. The Hall–Kier alpha value is -3.26. The first-order chi connectivity index (χ1) is 14.0. The van der Waals surface area contributed by atoms with Gasteiger partial charge >= 0.3 is 0 Å². The number of carbonyl (C=O) groups is 1. The molecular weight excluding hydrogens is 360 g/mol. The number of carbonyl (C=O) groups excluding carboxylic acids is 1. The summed E-state index contributed by atoms with van der Waals surface area (Å²) in [6.07, 6.45) is 1.50. The average Bonchev–Trinajstić information content (AvgIpc) is 2.74. The Morgan fingerprint density at radius 3 is 2.21 bits per heavy atom. The molecule has 1 N–H and O–H groups in total. The van der Waals surface area contributed by atoms with Crippen molar-refractivity contribution in [2.75, 3.05) is 23.3 Å². The van der Waals surface area contributed by atoms with E-state index in [0.29, 0.717) is 6.54 Å². The molecule has 0 radical (unpaired) electrons. The normalized spacial score (nSPS) is 11.1. The summed E-state index contributed by atoms with van der Waals surface area (Å²) in [6.45, 7) is 10.5. The molecule has 2 rings (SSSR count). The molecule has 0 aromatic heterocycles. The van der Waals surface area contributed by atoms with Crippen molar-refractivity contribution in [1.82, 2.24) is 4.90 Å². The molecule has 0 unspecified atom stereocenters. The Kier molecular flexibility index (Phi) is 8.29. The number of hydrogen-bond donors (Lipinski definition) is 1. The summed E-state index contributed by atoms with van der Waals surface area (Å²) < 4.78 is 0. The van der Waals surface area contributed by atoms with Gasteiger partial charge in [0.05, 0.1) is 0 Å². The summed E-state index contributed by atoms with van der Waals surface area (Å²) in [5.41, 5.74) is 3.10. The predicted molar refractivity (Wildman–Crippen MR) is 119 cm³/mol. The van der Waals surface area contributed by atoms with Gasteiger partial charge in [-0.1, -0.05) is 30.3 Å². The topological polar surface area (TPSA) is 59.4 Å². The molecule has 29 heavy (non-hydrogen) atoms. The van der Waals surface area contributed by atoms with Gasteiger partial charge in [-0.05, 0) is 57.5 Å². The molecule has 0 aliphatic rings. The van der Waals surface area contributed by atoms with Crippen LogP contribution in [-0.4, -0.2) is 29.9 Å². The maximum atomic E-state index is 13.0. The zero-order valence-electron chi connectivity index (χ0n) is 17.7. The first-order valence-corrected chi connectivity index (χ1v) is 10.1. The highest BCUT2D eigenvalue weighted by atomic mass is 16.2. The second-order valence-electron chi connectivity index (χ2n) is 7.05. The van der Waals surface area contributed by atoms with E-state index in [4.69, 9.17) is 0 Å². The third-order valence-electron chi connectivity index (χ3n) is 4.81. The van der Waals surface area contributed by atoms with Gasteiger partial charge in [-0.25, -0.2) is 0 Å². The maximum absolute atomic E-state index is 13.0. The largest absolute Gasteiger partial charge is 0.372 e. The van der Waals surface area contributed by atoms with Crippen molar-refractivity contribution < 1.29 is 4.79 Å². The third kappa shape index (κ3) is 6.11. The number of rotatable bonds is 9. The lowest BCUT2D eigenvalue weighted by Crippen LogP contribution is -2.37. The van der Waals surface area contributed by atoms with E-state index >= 15 is 0 Å². The minimum Gasteiger partial charge on any atom is -0.372 e. The molecular formula is C24H30N4O. The molecule has 0 bridgehead atoms. The van der Waals surface area contributed by atoms with Crippen molar-refractivity contribution in [2.45, 2.75) is 40.3 Å². The molecule has 0 aliphatic heterocycles. The van der Waals surface area contributed by atoms with Crippen LogP contribution >= 0.6 is 0 Å². The zero-order chi connectivity index (χ0) is 21.2. The van der Waals surface area contributed by atoms with Gasteiger partial charge in [0.15, 0.2) is 0 Å². The van der Waals surface area contributed by atoms with E-state index in [1.54, 1.807) is 4.90 Å². The van der Waals surface area contributed by atoms with Crippen LogP contribution in [-0.2, 0) is 11.3 Å². The van der Waals surface area contributed by atoms with Crippen LogP contribution in [0.25, 0.3) is 0 Å². The van der Waals surface area contributed by atoms with Crippen LogP contribution in [0.1, 0.15) is 33.3 Å². The second-order valence-corrected chi connectivity index (χ2v) is 7.05. The number of nitrogens with zero attached hydrogens (tertiary/aromatic N) is 3. The first kappa shape index (κ1) is 22.0. The SMILES string of the molecule is CCN(CC)c1ccc(N/C=C(/C#N)C(=O)N(Cc2ccccc2)C(C)C)cc1. The molecule has 0 saturated heterocycles.